The molecule has 17 rings (SSSR count). The van der Waals surface area contributed by atoms with E-state index in [-0.39, 0.29) is 57.9 Å². The highest BCUT2D eigenvalue weighted by Crippen LogP contribution is 2.46. The van der Waals surface area contributed by atoms with Crippen molar-refractivity contribution in [2.24, 2.45) is 5.92 Å². The molecule has 0 spiro atoms. The third-order valence-electron chi connectivity index (χ3n) is 19.8. The molecule has 0 unspecified atom stereocenters. The molecule has 1 aliphatic carbocycles. The Kier molecular flexibility index (Phi) is 37.1. The van der Waals surface area contributed by atoms with Crippen LogP contribution < -0.4 is 4.74 Å². The molecular weight excluding hydrogens is 1740 g/mol. The molecule has 10 nitrogen and oxygen atoms in total. The maximum Gasteiger partial charge on any atom is 0.169 e. The molecule has 652 valence electrons. The molecule has 1 fully saturated rings. The molecule has 0 radical (unpaired) electrons. The first-order chi connectivity index (χ1) is 61.4. The minimum atomic E-state index is -0.248. The van der Waals surface area contributed by atoms with E-state index in [0.717, 1.165) is 98.2 Å². The second kappa shape index (κ2) is 48.3. The highest BCUT2D eigenvalue weighted by molar-refractivity contribution is 7.20. The molecule has 19 heteroatoms. The van der Waals surface area contributed by atoms with E-state index in [0.29, 0.717) is 18.1 Å². The molecule has 0 bridgehead atoms. The van der Waals surface area contributed by atoms with Crippen molar-refractivity contribution in [1.82, 2.24) is 0 Å². The standard InChI is InChI=1S/C16H18O2S.C15H14OS.C14H12O2S.C14H14OS.2C13H12OS.C12H9FOS.C12H10OS/c1-11(2)10-18-14-7-5-4-6-13(14)16-9-8-15(19-16)12(3)17;1-10(16)14-8-9-15(17-14)13-5-3-2-4-12(13)11-6-7-11;1-9(15)11-5-3-4-6-12(11)14-8-7-13(17-14)10(2)16;1-3-11-6-4-5-7-12(11)14-9-8-13(16-14)10(2)15;1-9-3-5-11(6-4-9)13-8-7-12(15-13)10(2)14;1-9-5-3-4-6-11(9)13-8-7-12(15-13)10(2)14;1-8(14)11-6-7-12(15-11)9-2-4-10(13)5-3-9;1-9(13)11-7-8-12(14-11)10-5-3-2-4-6-10/h4-9,11H,10H2,1-3H3;2-5,8-9,11H,6-7H2,1H3;3-8H,1-2H3;4-9H,3H2,1-2H3;2*3-8H,1-2H3;2-7H,1H3;2-8H,1H3. The number of ketones is 9. The summed E-state index contributed by atoms with van der Waals surface area (Å²) in [5, 5.41) is 0. The number of benzene rings is 8. The molecule has 0 amide bonds. The summed E-state index contributed by atoms with van der Waals surface area (Å²) in [6.07, 6.45) is 3.63. The number of halogens is 1. The minimum Gasteiger partial charge on any atom is -0.493 e. The van der Waals surface area contributed by atoms with Crippen molar-refractivity contribution >= 4 is 143 Å². The van der Waals surface area contributed by atoms with Crippen LogP contribution in [0.25, 0.3) is 83.5 Å². The Hall–Kier alpha value is -11.9. The van der Waals surface area contributed by atoms with Gasteiger partial charge in [0.2, 0.25) is 0 Å². The SMILES string of the molecule is CC(=O)c1ccc(-c2ccc(C)cc2)s1.CC(=O)c1ccc(-c2ccc(F)cc2)s1.CC(=O)c1ccc(-c2ccccc2)s1.CC(=O)c1ccc(-c2ccccc2C(C)=O)s1.CC(=O)c1ccc(-c2ccccc2C)s1.CC(=O)c1ccc(-c2ccccc2C2CC2)s1.CC(=O)c1ccc(-c2ccccc2OCC(C)C)s1.CCc1ccccc1-c1ccc(C(C)=O)s1. The van der Waals surface area contributed by atoms with Crippen LogP contribution in [0.1, 0.15) is 212 Å². The van der Waals surface area contributed by atoms with Crippen LogP contribution >= 0.6 is 90.7 Å². The number of hydrogen-bond acceptors (Lipinski definition) is 18. The van der Waals surface area contributed by atoms with Gasteiger partial charge in [-0.15, -0.1) is 90.7 Å². The smallest absolute Gasteiger partial charge is 0.169 e. The van der Waals surface area contributed by atoms with Gasteiger partial charge in [-0.05, 0) is 279 Å². The fourth-order valence-corrected chi connectivity index (χ4v) is 20.3. The first-order valence-electron chi connectivity index (χ1n) is 41.7. The monoisotopic (exact) mass is 1840 g/mol. The van der Waals surface area contributed by atoms with Gasteiger partial charge in [-0.3, -0.25) is 43.2 Å². The summed E-state index contributed by atoms with van der Waals surface area (Å²) in [4.78, 5) is 117. The molecule has 0 atom stereocenters. The Morgan fingerprint density at radius 2 is 0.609 bits per heavy atom. The Labute approximate surface area is 782 Å². The number of carbonyl (C=O) groups excluding carboxylic acids is 9. The fraction of sp³-hybridized carbons (Fsp3) is 0.183. The van der Waals surface area contributed by atoms with Crippen molar-refractivity contribution in [3.8, 4) is 89.3 Å². The van der Waals surface area contributed by atoms with Gasteiger partial charge in [-0.2, -0.15) is 0 Å². The molecule has 0 N–H and O–H groups in total. The minimum absolute atomic E-state index is 0.0402. The quantitative estimate of drug-likeness (QED) is 0.0597. The first-order valence-corrected chi connectivity index (χ1v) is 48.3. The van der Waals surface area contributed by atoms with Gasteiger partial charge in [0.15, 0.2) is 52.0 Å². The summed E-state index contributed by atoms with van der Waals surface area (Å²) in [7, 11) is 0. The largest absolute Gasteiger partial charge is 0.493 e. The van der Waals surface area contributed by atoms with Gasteiger partial charge in [-0.25, -0.2) is 4.39 Å². The van der Waals surface area contributed by atoms with Gasteiger partial charge >= 0.3 is 0 Å². The van der Waals surface area contributed by atoms with Gasteiger partial charge in [0, 0.05) is 55.7 Å². The zero-order valence-electron chi connectivity index (χ0n) is 74.0. The van der Waals surface area contributed by atoms with Gasteiger partial charge in [0.05, 0.1) is 45.6 Å². The Bertz CT molecular complexity index is 6370. The van der Waals surface area contributed by atoms with Crippen LogP contribution in [-0.4, -0.2) is 58.7 Å². The van der Waals surface area contributed by atoms with Crippen molar-refractivity contribution in [3.63, 3.8) is 0 Å². The van der Waals surface area contributed by atoms with Crippen LogP contribution in [-0.2, 0) is 6.42 Å². The number of hydrogen-bond donors (Lipinski definition) is 0. The molecule has 1 saturated carbocycles. The van der Waals surface area contributed by atoms with Crippen molar-refractivity contribution in [2.45, 2.75) is 122 Å². The van der Waals surface area contributed by atoms with Crippen molar-refractivity contribution in [1.29, 1.82) is 0 Å². The maximum absolute atomic E-state index is 12.7. The summed E-state index contributed by atoms with van der Waals surface area (Å²) >= 11 is 12.2. The van der Waals surface area contributed by atoms with Gasteiger partial charge in [0.25, 0.3) is 0 Å². The normalized spacial score (nSPS) is 10.9. The number of carbonyl (C=O) groups is 9. The Morgan fingerprint density at radius 1 is 0.305 bits per heavy atom. The van der Waals surface area contributed by atoms with E-state index in [9.17, 15) is 47.5 Å². The van der Waals surface area contributed by atoms with E-state index < -0.39 is 0 Å². The number of para-hydroxylation sites is 1. The summed E-state index contributed by atoms with van der Waals surface area (Å²) in [5.74, 6) is 2.85. The van der Waals surface area contributed by atoms with Crippen LogP contribution in [0.15, 0.2) is 297 Å². The lowest BCUT2D eigenvalue weighted by atomic mass is 10.0. The van der Waals surface area contributed by atoms with E-state index in [2.05, 4.69) is 132 Å². The lowest BCUT2D eigenvalue weighted by Crippen LogP contribution is -2.05. The number of Topliss-reactive ketones (excluding diaryl/α,β-unsaturated/α-hetero) is 9. The molecular formula is C109H101FO10S8. The van der Waals surface area contributed by atoms with Crippen LogP contribution in [0.5, 0.6) is 5.75 Å². The number of rotatable bonds is 22. The topological polar surface area (TPSA) is 163 Å². The van der Waals surface area contributed by atoms with Crippen molar-refractivity contribution < 1.29 is 52.3 Å². The second-order valence-electron chi connectivity index (χ2n) is 30.5. The molecule has 1 aliphatic rings. The highest BCUT2D eigenvalue weighted by Gasteiger charge is 2.27. The molecule has 16 aromatic rings. The fourth-order valence-electron chi connectivity index (χ4n) is 12.8. The summed E-state index contributed by atoms with van der Waals surface area (Å²) in [5.41, 5.74) is 15.0. The lowest BCUT2D eigenvalue weighted by Gasteiger charge is -2.12. The summed E-state index contributed by atoms with van der Waals surface area (Å²) in [6.45, 7) is 25.5. The van der Waals surface area contributed by atoms with Crippen LogP contribution in [0.2, 0.25) is 0 Å². The van der Waals surface area contributed by atoms with Crippen LogP contribution in [0, 0.1) is 25.6 Å². The predicted octanol–water partition coefficient (Wildman–Crippen LogP) is 32.4. The number of aryl methyl sites for hydroxylation is 3. The molecule has 8 heterocycles. The third kappa shape index (κ3) is 28.8. The molecule has 128 heavy (non-hydrogen) atoms. The van der Waals surface area contributed by atoms with E-state index in [4.69, 9.17) is 4.74 Å². The summed E-state index contributed by atoms with van der Waals surface area (Å²) < 4.78 is 18.5. The average Bonchev–Trinajstić information content (AvgIpc) is 1.64. The number of thiophene rings is 8. The maximum atomic E-state index is 12.7. The number of ether oxygens (including phenoxy) is 1. The zero-order chi connectivity index (χ0) is 92.1. The van der Waals surface area contributed by atoms with E-state index >= 15 is 0 Å². The molecule has 0 saturated heterocycles. The zero-order valence-corrected chi connectivity index (χ0v) is 80.5. The average molecular weight is 1850 g/mol. The Balaban J connectivity index is 0.000000153. The van der Waals surface area contributed by atoms with Gasteiger partial charge < -0.3 is 4.74 Å². The van der Waals surface area contributed by atoms with E-state index in [1.54, 1.807) is 143 Å². The first kappa shape index (κ1) is 98.3. The third-order valence-corrected chi connectivity index (χ3v) is 29.6. The van der Waals surface area contributed by atoms with Gasteiger partial charge in [0.1, 0.15) is 11.6 Å². The van der Waals surface area contributed by atoms with Crippen molar-refractivity contribution in [2.75, 3.05) is 6.61 Å². The molecule has 8 aromatic carbocycles. The molecule has 8 aromatic heterocycles. The van der Waals surface area contributed by atoms with Gasteiger partial charge in [-0.1, -0.05) is 202 Å². The van der Waals surface area contributed by atoms with Crippen LogP contribution in [0.3, 0.4) is 0 Å². The Morgan fingerprint density at radius 3 is 1.00 bits per heavy atom. The highest BCUT2D eigenvalue weighted by atomic mass is 32.1. The molecule has 0 aliphatic heterocycles. The van der Waals surface area contributed by atoms with E-state index in [1.807, 2.05) is 164 Å². The van der Waals surface area contributed by atoms with E-state index in [1.165, 1.54) is 124 Å². The van der Waals surface area contributed by atoms with Crippen LogP contribution in [0.4, 0.5) is 4.39 Å². The lowest BCUT2D eigenvalue weighted by molar-refractivity contribution is 0.101. The second-order valence-corrected chi connectivity index (χ2v) is 39.2. The van der Waals surface area contributed by atoms with Crippen molar-refractivity contribution in [3.05, 3.63) is 370 Å². The predicted molar refractivity (Wildman–Crippen MR) is 539 cm³/mol. The summed E-state index contributed by atoms with van der Waals surface area (Å²) in [6, 6.07) is 96.2.